The van der Waals surface area contributed by atoms with Crippen LogP contribution in [0.15, 0.2) is 0 Å². The largest absolute Gasteiger partial charge is 0.376 e. The molecule has 1 aliphatic heterocycles. The molecule has 1 saturated heterocycles. The molecule has 1 fully saturated rings. The first-order valence-corrected chi connectivity index (χ1v) is 1.73. The molecule has 3 heteroatoms. The van der Waals surface area contributed by atoms with Crippen molar-refractivity contribution < 1.29 is 9.90 Å². The van der Waals surface area contributed by atoms with Gasteiger partial charge in [-0.15, -0.1) is 0 Å². The molecule has 1 N–H and O–H groups in total. The Kier molecular flexibility index (Phi) is 0.569. The highest BCUT2D eigenvalue weighted by molar-refractivity contribution is 5.91. The summed E-state index contributed by atoms with van der Waals surface area (Å²) in [6.45, 7) is 0.329. The Hall–Kier alpha value is -0.570. The van der Waals surface area contributed by atoms with Gasteiger partial charge in [0.2, 0.25) is 5.91 Å². The molecular weight excluding hydrogens is 82.0 g/mol. The molecule has 0 aromatic rings. The monoisotopic (exact) mass is 87.0 g/mol. The van der Waals surface area contributed by atoms with Gasteiger partial charge < -0.3 is 10.0 Å². The molecule has 0 saturated carbocycles. The molecule has 1 aliphatic rings. The summed E-state index contributed by atoms with van der Waals surface area (Å²) < 4.78 is 0. The maximum absolute atomic E-state index is 9.88. The Morgan fingerprint density at radius 3 is 2.50 bits per heavy atom. The Morgan fingerprint density at radius 2 is 2.50 bits per heavy atom. The lowest BCUT2D eigenvalue weighted by molar-refractivity contribution is -0.114. The fraction of sp³-hybridized carbons (Fsp3) is 0.667. The summed E-state index contributed by atoms with van der Waals surface area (Å²) in [6.07, 6.45) is 0. The van der Waals surface area contributed by atoms with Gasteiger partial charge in [0.05, 0.1) is 0 Å². The van der Waals surface area contributed by atoms with E-state index in [9.17, 15) is 4.79 Å². The number of nitrogens with zero attached hydrogens (tertiary/aromatic N) is 1. The molecule has 0 aliphatic carbocycles. The van der Waals surface area contributed by atoms with Gasteiger partial charge in [0.15, 0.2) is 0 Å². The van der Waals surface area contributed by atoms with Gasteiger partial charge in [0.25, 0.3) is 0 Å². The second-order valence-electron chi connectivity index (χ2n) is 1.23. The first-order valence-electron chi connectivity index (χ1n) is 1.73. The SMILES string of the molecule is O=C1CN1CO. The van der Waals surface area contributed by atoms with E-state index in [1.54, 1.807) is 0 Å². The van der Waals surface area contributed by atoms with Crippen molar-refractivity contribution in [3.8, 4) is 0 Å². The minimum absolute atomic E-state index is 0.0394. The number of aliphatic hydroxyl groups excluding tert-OH is 1. The second-order valence-corrected chi connectivity index (χ2v) is 1.23. The number of hydrogen-bond acceptors (Lipinski definition) is 2. The van der Waals surface area contributed by atoms with Crippen LogP contribution in [0.2, 0.25) is 0 Å². The van der Waals surface area contributed by atoms with E-state index in [2.05, 4.69) is 0 Å². The van der Waals surface area contributed by atoms with Gasteiger partial charge in [-0.05, 0) is 0 Å². The van der Waals surface area contributed by atoms with Crippen molar-refractivity contribution in [2.45, 2.75) is 0 Å². The first kappa shape index (κ1) is 3.61. The predicted octanol–water partition coefficient (Wildman–Crippen LogP) is -1.22. The van der Waals surface area contributed by atoms with Crippen molar-refractivity contribution in [3.63, 3.8) is 0 Å². The molecule has 0 unspecified atom stereocenters. The van der Waals surface area contributed by atoms with E-state index in [4.69, 9.17) is 5.11 Å². The minimum atomic E-state index is -0.112. The highest BCUT2D eigenvalue weighted by Crippen LogP contribution is 2.01. The molecule has 0 spiro atoms. The van der Waals surface area contributed by atoms with Crippen LogP contribution in [0, 0.1) is 0 Å². The lowest BCUT2D eigenvalue weighted by atomic mass is 11.0. The maximum atomic E-state index is 9.88. The fourth-order valence-corrected chi connectivity index (χ4v) is 0.257. The molecule has 0 atom stereocenters. The summed E-state index contributed by atoms with van der Waals surface area (Å²) in [6, 6.07) is 0. The number of aliphatic hydroxyl groups is 1. The highest BCUT2D eigenvalue weighted by Gasteiger charge is 2.27. The maximum Gasteiger partial charge on any atom is 0.244 e. The topological polar surface area (TPSA) is 40.3 Å². The zero-order valence-electron chi connectivity index (χ0n) is 3.22. The van der Waals surface area contributed by atoms with Gasteiger partial charge in [-0.1, -0.05) is 0 Å². The van der Waals surface area contributed by atoms with E-state index in [1.807, 2.05) is 0 Å². The second kappa shape index (κ2) is 0.944. The fourth-order valence-electron chi connectivity index (χ4n) is 0.257. The average molecular weight is 87.1 g/mol. The Balaban J connectivity index is 2.26. The predicted molar refractivity (Wildman–Crippen MR) is 18.8 cm³/mol. The van der Waals surface area contributed by atoms with Gasteiger partial charge in [-0.3, -0.25) is 4.79 Å². The molecule has 0 aromatic carbocycles. The normalized spacial score (nSPS) is 18.8. The van der Waals surface area contributed by atoms with Crippen LogP contribution >= 0.6 is 0 Å². The molecular formula is C3H5NO2. The minimum Gasteiger partial charge on any atom is -0.376 e. The molecule has 1 rings (SSSR count). The van der Waals surface area contributed by atoms with E-state index >= 15 is 0 Å². The van der Waals surface area contributed by atoms with Crippen LogP contribution in [0.1, 0.15) is 0 Å². The third kappa shape index (κ3) is 0.367. The number of hydrogen-bond donors (Lipinski definition) is 1. The smallest absolute Gasteiger partial charge is 0.244 e. The van der Waals surface area contributed by atoms with E-state index in [1.165, 1.54) is 4.90 Å². The Bertz CT molecular complexity index is 80.9. The van der Waals surface area contributed by atoms with Crippen LogP contribution in [-0.4, -0.2) is 29.2 Å². The van der Waals surface area contributed by atoms with E-state index in [0.717, 1.165) is 0 Å². The number of carbonyl (C=O) groups excluding carboxylic acids is 1. The standard InChI is InChI=1S/C3H5NO2/c5-2-4-1-3(4)6/h5H,1-2H2. The van der Waals surface area contributed by atoms with Gasteiger partial charge in [0.1, 0.15) is 13.3 Å². The van der Waals surface area contributed by atoms with Crippen LogP contribution in [0.4, 0.5) is 0 Å². The number of rotatable bonds is 1. The van der Waals surface area contributed by atoms with Crippen molar-refractivity contribution in [3.05, 3.63) is 0 Å². The summed E-state index contributed by atoms with van der Waals surface area (Å²) in [4.78, 5) is 11.2. The summed E-state index contributed by atoms with van der Waals surface area (Å²) in [5, 5.41) is 8.08. The lowest BCUT2D eigenvalue weighted by Crippen LogP contribution is -1.96. The highest BCUT2D eigenvalue weighted by atomic mass is 16.3. The van der Waals surface area contributed by atoms with E-state index in [-0.39, 0.29) is 12.6 Å². The molecule has 0 aromatic heterocycles. The van der Waals surface area contributed by atoms with Crippen molar-refractivity contribution in [1.82, 2.24) is 4.90 Å². The summed E-state index contributed by atoms with van der Waals surface area (Å²) >= 11 is 0. The van der Waals surface area contributed by atoms with Crippen molar-refractivity contribution in [1.29, 1.82) is 0 Å². The van der Waals surface area contributed by atoms with Crippen LogP contribution in [0.5, 0.6) is 0 Å². The molecule has 0 radical (unpaired) electrons. The Labute approximate surface area is 35.2 Å². The van der Waals surface area contributed by atoms with Crippen LogP contribution in [0.3, 0.4) is 0 Å². The van der Waals surface area contributed by atoms with Crippen LogP contribution in [0.25, 0.3) is 0 Å². The van der Waals surface area contributed by atoms with Crippen LogP contribution in [-0.2, 0) is 4.79 Å². The van der Waals surface area contributed by atoms with Crippen molar-refractivity contribution in [2.24, 2.45) is 0 Å². The zero-order chi connectivity index (χ0) is 4.57. The van der Waals surface area contributed by atoms with Gasteiger partial charge in [-0.25, -0.2) is 0 Å². The molecule has 0 bridgehead atoms. The van der Waals surface area contributed by atoms with Gasteiger partial charge in [0, 0.05) is 0 Å². The molecule has 34 valence electrons. The van der Waals surface area contributed by atoms with Crippen LogP contribution < -0.4 is 0 Å². The lowest BCUT2D eigenvalue weighted by Gasteiger charge is -1.82. The van der Waals surface area contributed by atoms with Crippen molar-refractivity contribution in [2.75, 3.05) is 13.3 Å². The van der Waals surface area contributed by atoms with E-state index < -0.39 is 0 Å². The summed E-state index contributed by atoms with van der Waals surface area (Å²) in [7, 11) is 0. The summed E-state index contributed by atoms with van der Waals surface area (Å²) in [5.74, 6) is 0.0394. The quantitative estimate of drug-likeness (QED) is 0.407. The van der Waals surface area contributed by atoms with Crippen molar-refractivity contribution >= 4 is 5.91 Å². The third-order valence-corrected chi connectivity index (χ3v) is 0.746. The molecule has 1 heterocycles. The first-order chi connectivity index (χ1) is 2.84. The van der Waals surface area contributed by atoms with E-state index in [0.29, 0.717) is 6.54 Å². The number of amides is 1. The molecule has 1 amide bonds. The molecule has 3 nitrogen and oxygen atoms in total. The average Bonchev–Trinajstić information content (AvgIpc) is 2.19. The van der Waals surface area contributed by atoms with Gasteiger partial charge >= 0.3 is 0 Å². The zero-order valence-corrected chi connectivity index (χ0v) is 3.22. The Morgan fingerprint density at radius 1 is 2.00 bits per heavy atom. The van der Waals surface area contributed by atoms with Gasteiger partial charge in [-0.2, -0.15) is 0 Å². The third-order valence-electron chi connectivity index (χ3n) is 0.746. The number of carbonyl (C=O) groups is 1. The summed E-state index contributed by atoms with van der Waals surface area (Å²) in [5.41, 5.74) is 0. The molecule has 6 heavy (non-hydrogen) atoms.